The lowest BCUT2D eigenvalue weighted by Gasteiger charge is -2.18. The molecule has 0 saturated carbocycles. The molecule has 2 rings (SSSR count). The van der Waals surface area contributed by atoms with Gasteiger partial charge in [0.2, 0.25) is 0 Å². The Morgan fingerprint density at radius 1 is 1.10 bits per heavy atom. The van der Waals surface area contributed by atoms with Crippen molar-refractivity contribution in [1.82, 2.24) is 9.80 Å². The molecule has 21 heavy (non-hydrogen) atoms. The van der Waals surface area contributed by atoms with Crippen molar-refractivity contribution in [3.63, 3.8) is 0 Å². The summed E-state index contributed by atoms with van der Waals surface area (Å²) in [5, 5.41) is 0. The topological polar surface area (TPSA) is 74.8 Å². The third kappa shape index (κ3) is 2.87. The number of benzene rings is 1. The summed E-state index contributed by atoms with van der Waals surface area (Å²) in [7, 11) is 0. The fraction of sp³-hybridized carbons (Fsp3) is 0.286. The average Bonchev–Trinajstić information content (AvgIpc) is 2.63. The maximum atomic E-state index is 12.1. The van der Waals surface area contributed by atoms with Crippen molar-refractivity contribution < 1.29 is 19.2 Å². The lowest BCUT2D eigenvalue weighted by atomic mass is 10.1. The van der Waals surface area contributed by atoms with Crippen molar-refractivity contribution in [2.45, 2.75) is 19.9 Å². The molecule has 0 N–H and O–H groups in total. The first-order valence-electron chi connectivity index (χ1n) is 6.30. The highest BCUT2D eigenvalue weighted by Gasteiger charge is 2.46. The van der Waals surface area contributed by atoms with Crippen LogP contribution in [-0.2, 0) is 9.59 Å². The summed E-state index contributed by atoms with van der Waals surface area (Å²) in [6.07, 6.45) is 0. The molecular formula is C14H13BrN2O4. The third-order valence-electron chi connectivity index (χ3n) is 3.07. The van der Waals surface area contributed by atoms with E-state index in [1.54, 1.807) is 38.1 Å². The van der Waals surface area contributed by atoms with Crippen molar-refractivity contribution in [2.75, 3.05) is 6.54 Å². The van der Waals surface area contributed by atoms with E-state index in [1.165, 1.54) is 0 Å². The lowest BCUT2D eigenvalue weighted by Crippen LogP contribution is -2.39. The monoisotopic (exact) mass is 352 g/mol. The number of nitrogens with zero attached hydrogens (tertiary/aromatic N) is 2. The molecule has 0 radical (unpaired) electrons. The van der Waals surface area contributed by atoms with E-state index < -0.39 is 36.2 Å². The van der Waals surface area contributed by atoms with Gasteiger partial charge in [0.15, 0.2) is 5.78 Å². The minimum absolute atomic E-state index is 0.370. The van der Waals surface area contributed by atoms with Gasteiger partial charge in [-0.15, -0.1) is 0 Å². The highest BCUT2D eigenvalue weighted by molar-refractivity contribution is 9.10. The van der Waals surface area contributed by atoms with Gasteiger partial charge < -0.3 is 0 Å². The van der Waals surface area contributed by atoms with Gasteiger partial charge in [0.1, 0.15) is 0 Å². The van der Waals surface area contributed by atoms with E-state index in [0.717, 1.165) is 9.37 Å². The molecule has 1 saturated heterocycles. The summed E-state index contributed by atoms with van der Waals surface area (Å²) in [5.41, 5.74) is 0.370. The summed E-state index contributed by atoms with van der Waals surface area (Å²) < 4.78 is 0.813. The summed E-state index contributed by atoms with van der Waals surface area (Å²) in [6, 6.07) is 5.37. The van der Waals surface area contributed by atoms with Gasteiger partial charge in [-0.25, -0.2) is 9.69 Å². The van der Waals surface area contributed by atoms with E-state index in [2.05, 4.69) is 15.9 Å². The Bertz CT molecular complexity index is 624. The zero-order valence-corrected chi connectivity index (χ0v) is 13.1. The van der Waals surface area contributed by atoms with Crippen molar-refractivity contribution in [2.24, 2.45) is 0 Å². The summed E-state index contributed by atoms with van der Waals surface area (Å²) in [4.78, 5) is 49.2. The Morgan fingerprint density at radius 3 is 2.14 bits per heavy atom. The van der Waals surface area contributed by atoms with E-state index >= 15 is 0 Å². The largest absolute Gasteiger partial charge is 0.334 e. The molecule has 0 bridgehead atoms. The minimum atomic E-state index is -0.959. The second-order valence-electron chi connectivity index (χ2n) is 4.87. The first-order chi connectivity index (χ1) is 9.82. The molecular weight excluding hydrogens is 340 g/mol. The van der Waals surface area contributed by atoms with Crippen LogP contribution in [0.15, 0.2) is 28.7 Å². The van der Waals surface area contributed by atoms with Crippen LogP contribution in [0.4, 0.5) is 4.79 Å². The molecule has 0 atom stereocenters. The van der Waals surface area contributed by atoms with E-state index in [-0.39, 0.29) is 0 Å². The molecule has 0 unspecified atom stereocenters. The zero-order valence-electron chi connectivity index (χ0n) is 11.5. The molecule has 1 aromatic rings. The number of imide groups is 2. The Hall–Kier alpha value is -2.02. The first-order valence-corrected chi connectivity index (χ1v) is 7.10. The summed E-state index contributed by atoms with van der Waals surface area (Å²) in [5.74, 6) is -2.25. The van der Waals surface area contributed by atoms with Crippen LogP contribution in [0.2, 0.25) is 0 Å². The van der Waals surface area contributed by atoms with Crippen molar-refractivity contribution in [3.05, 3.63) is 34.3 Å². The van der Waals surface area contributed by atoms with Crippen LogP contribution in [0.3, 0.4) is 0 Å². The maximum absolute atomic E-state index is 12.1. The SMILES string of the molecule is CC(C)N1C(=O)C(=O)N(CC(=O)c2ccc(Br)cc2)C1=O. The standard InChI is InChI=1S/C14H13BrN2O4/c1-8(2)17-13(20)12(19)16(14(17)21)7-11(18)9-3-5-10(15)6-4-9/h3-6,8H,7H2,1-2H3. The molecule has 7 heteroatoms. The number of hydrogen-bond acceptors (Lipinski definition) is 4. The van der Waals surface area contributed by atoms with E-state index in [0.29, 0.717) is 10.5 Å². The molecule has 6 nitrogen and oxygen atoms in total. The van der Waals surface area contributed by atoms with Crippen LogP contribution in [0, 0.1) is 0 Å². The molecule has 0 aliphatic carbocycles. The summed E-state index contributed by atoms with van der Waals surface area (Å²) >= 11 is 3.25. The number of ketones is 1. The second kappa shape index (κ2) is 5.77. The number of urea groups is 1. The Kier molecular flexibility index (Phi) is 4.22. The molecule has 0 aromatic heterocycles. The van der Waals surface area contributed by atoms with Gasteiger partial charge >= 0.3 is 17.8 Å². The van der Waals surface area contributed by atoms with Crippen molar-refractivity contribution >= 4 is 39.6 Å². The van der Waals surface area contributed by atoms with E-state index in [1.807, 2.05) is 0 Å². The van der Waals surface area contributed by atoms with Crippen molar-refractivity contribution in [3.8, 4) is 0 Å². The van der Waals surface area contributed by atoms with Gasteiger partial charge in [-0.1, -0.05) is 28.1 Å². The summed E-state index contributed by atoms with van der Waals surface area (Å²) in [6.45, 7) is 2.82. The van der Waals surface area contributed by atoms with E-state index in [9.17, 15) is 19.2 Å². The number of amides is 4. The minimum Gasteiger partial charge on any atom is -0.292 e. The average molecular weight is 353 g/mol. The Labute approximate surface area is 129 Å². The quantitative estimate of drug-likeness (QED) is 0.470. The molecule has 110 valence electrons. The smallest absolute Gasteiger partial charge is 0.292 e. The lowest BCUT2D eigenvalue weighted by molar-refractivity contribution is -0.143. The number of rotatable bonds is 4. The number of hydrogen-bond donors (Lipinski definition) is 0. The molecule has 1 fully saturated rings. The predicted octanol–water partition coefficient (Wildman–Crippen LogP) is 1.83. The Balaban J connectivity index is 2.18. The highest BCUT2D eigenvalue weighted by atomic mass is 79.9. The van der Waals surface area contributed by atoms with Gasteiger partial charge in [0.25, 0.3) is 0 Å². The molecule has 1 aliphatic heterocycles. The Morgan fingerprint density at radius 2 is 1.67 bits per heavy atom. The van der Waals surface area contributed by atoms with Gasteiger partial charge in [-0.3, -0.25) is 19.3 Å². The number of carbonyl (C=O) groups is 4. The third-order valence-corrected chi connectivity index (χ3v) is 3.60. The van der Waals surface area contributed by atoms with Crippen LogP contribution in [0.5, 0.6) is 0 Å². The van der Waals surface area contributed by atoms with E-state index in [4.69, 9.17) is 0 Å². The van der Waals surface area contributed by atoms with Crippen LogP contribution in [0.25, 0.3) is 0 Å². The first kappa shape index (κ1) is 15.4. The van der Waals surface area contributed by atoms with Gasteiger partial charge in [-0.2, -0.15) is 0 Å². The molecule has 0 spiro atoms. The number of carbonyl (C=O) groups excluding carboxylic acids is 4. The number of halogens is 1. The van der Waals surface area contributed by atoms with Crippen LogP contribution >= 0.6 is 15.9 Å². The van der Waals surface area contributed by atoms with Crippen LogP contribution < -0.4 is 0 Å². The maximum Gasteiger partial charge on any atom is 0.334 e. The fourth-order valence-corrected chi connectivity index (χ4v) is 2.25. The fourth-order valence-electron chi connectivity index (χ4n) is 1.99. The molecule has 4 amide bonds. The zero-order chi connectivity index (χ0) is 15.7. The predicted molar refractivity (Wildman–Crippen MR) is 77.6 cm³/mol. The van der Waals surface area contributed by atoms with Crippen LogP contribution in [0.1, 0.15) is 24.2 Å². The molecule has 1 aromatic carbocycles. The second-order valence-corrected chi connectivity index (χ2v) is 5.79. The number of Topliss-reactive ketones (excluding diaryl/α,β-unsaturated/α-hetero) is 1. The molecule has 1 heterocycles. The highest BCUT2D eigenvalue weighted by Crippen LogP contribution is 2.17. The van der Waals surface area contributed by atoms with Crippen molar-refractivity contribution in [1.29, 1.82) is 0 Å². The van der Waals surface area contributed by atoms with Crippen LogP contribution in [-0.4, -0.2) is 46.0 Å². The molecule has 1 aliphatic rings. The normalized spacial score (nSPS) is 15.3. The van der Waals surface area contributed by atoms with Gasteiger partial charge in [0, 0.05) is 16.1 Å². The van der Waals surface area contributed by atoms with Gasteiger partial charge in [-0.05, 0) is 26.0 Å². The van der Waals surface area contributed by atoms with Gasteiger partial charge in [0.05, 0.1) is 6.54 Å².